The third-order valence-electron chi connectivity index (χ3n) is 3.87. The van der Waals surface area contributed by atoms with E-state index in [2.05, 4.69) is 0 Å². The van der Waals surface area contributed by atoms with E-state index in [4.69, 9.17) is 14.3 Å². The molecule has 0 radical (unpaired) electrons. The Hall–Kier alpha value is -3.94. The molecule has 0 unspecified atom stereocenters. The van der Waals surface area contributed by atoms with Gasteiger partial charge in [0, 0.05) is 23.8 Å². The Morgan fingerprint density at radius 2 is 1.85 bits per heavy atom. The lowest BCUT2D eigenvalue weighted by atomic mass is 10.1. The maximum atomic E-state index is 12.5. The van der Waals surface area contributed by atoms with Gasteiger partial charge in [-0.15, -0.1) is 0 Å². The van der Waals surface area contributed by atoms with E-state index < -0.39 is 22.9 Å². The molecule has 4 N–H and O–H groups in total. The lowest BCUT2D eigenvalue weighted by Gasteiger charge is -2.09. The summed E-state index contributed by atoms with van der Waals surface area (Å²) in [6, 6.07) is 6.61. The molecule has 1 aromatic heterocycles. The summed E-state index contributed by atoms with van der Waals surface area (Å²) < 4.78 is 10.5. The Balaban J connectivity index is 2.21. The predicted octanol–water partition coefficient (Wildman–Crippen LogP) is 2.68. The van der Waals surface area contributed by atoms with Crippen molar-refractivity contribution in [1.29, 1.82) is 0 Å². The van der Waals surface area contributed by atoms with Crippen molar-refractivity contribution in [2.24, 2.45) is 0 Å². The monoisotopic (exact) mass is 370 g/mol. The number of aromatic hydroxyl groups is 3. The van der Waals surface area contributed by atoms with Gasteiger partial charge in [0.1, 0.15) is 28.2 Å². The van der Waals surface area contributed by atoms with Crippen LogP contribution in [0.25, 0.3) is 28.4 Å². The molecule has 0 fully saturated rings. The van der Waals surface area contributed by atoms with Crippen molar-refractivity contribution in [3.63, 3.8) is 0 Å². The van der Waals surface area contributed by atoms with Gasteiger partial charge in [0.2, 0.25) is 0 Å². The highest BCUT2D eigenvalue weighted by Crippen LogP contribution is 2.37. The van der Waals surface area contributed by atoms with Crippen molar-refractivity contribution < 1.29 is 34.4 Å². The molecule has 0 aliphatic heterocycles. The van der Waals surface area contributed by atoms with Gasteiger partial charge >= 0.3 is 5.97 Å². The number of phenolic OH excluding ortho intramolecular Hbond substituents is 3. The molecule has 138 valence electrons. The number of rotatable bonds is 4. The second-order valence-corrected chi connectivity index (χ2v) is 5.56. The second kappa shape index (κ2) is 6.75. The topological polar surface area (TPSA) is 137 Å². The van der Waals surface area contributed by atoms with Crippen LogP contribution in [0.3, 0.4) is 0 Å². The van der Waals surface area contributed by atoms with Crippen LogP contribution in [0, 0.1) is 0 Å². The Morgan fingerprint density at radius 3 is 2.48 bits per heavy atom. The fraction of sp³-hybridized carbons (Fsp3) is 0.0526. The van der Waals surface area contributed by atoms with E-state index >= 15 is 0 Å². The minimum Gasteiger partial charge on any atom is -0.507 e. The van der Waals surface area contributed by atoms with Crippen LogP contribution >= 0.6 is 0 Å². The average Bonchev–Trinajstić information content (AvgIpc) is 2.60. The molecule has 0 aliphatic rings. The molecule has 3 rings (SSSR count). The number of hydrogen-bond donors (Lipinski definition) is 4. The van der Waals surface area contributed by atoms with Gasteiger partial charge in [-0.2, -0.15) is 0 Å². The zero-order valence-electron chi connectivity index (χ0n) is 14.0. The molecule has 8 nitrogen and oxygen atoms in total. The SMILES string of the molecule is COc1ccc(-c2cc(=O)c3c(O)c(/C=C/C(=O)O)c(O)cc3o2)cc1O. The number of phenols is 3. The standard InChI is InChI=1S/C19H14O8/c1-26-14-4-2-9(6-12(14)21)15-8-13(22)18-16(27-15)7-11(20)10(19(18)25)3-5-17(23)24/h2-8,20-21,25H,1H3,(H,23,24)/b5-3+. The first kappa shape index (κ1) is 17.9. The first-order chi connectivity index (χ1) is 12.8. The number of carboxylic acid groups (broad SMARTS) is 1. The molecule has 0 spiro atoms. The number of carbonyl (C=O) groups is 1. The first-order valence-corrected chi connectivity index (χ1v) is 7.63. The molecule has 0 saturated carbocycles. The highest BCUT2D eigenvalue weighted by Gasteiger charge is 2.17. The summed E-state index contributed by atoms with van der Waals surface area (Å²) in [5.41, 5.74) is -0.549. The molecular formula is C19H14O8. The van der Waals surface area contributed by atoms with E-state index in [1.807, 2.05) is 0 Å². The van der Waals surface area contributed by atoms with Crippen LogP contribution in [-0.4, -0.2) is 33.5 Å². The summed E-state index contributed by atoms with van der Waals surface area (Å²) in [4.78, 5) is 23.1. The summed E-state index contributed by atoms with van der Waals surface area (Å²) in [5.74, 6) is -2.16. The van der Waals surface area contributed by atoms with Crippen LogP contribution in [0.5, 0.6) is 23.0 Å². The normalized spacial score (nSPS) is 11.1. The van der Waals surface area contributed by atoms with Crippen molar-refractivity contribution >= 4 is 23.0 Å². The highest BCUT2D eigenvalue weighted by atomic mass is 16.5. The number of ether oxygens (including phenoxy) is 1. The second-order valence-electron chi connectivity index (χ2n) is 5.56. The molecule has 3 aromatic rings. The zero-order chi connectivity index (χ0) is 19.7. The summed E-state index contributed by atoms with van der Waals surface area (Å²) in [7, 11) is 1.40. The van der Waals surface area contributed by atoms with Gasteiger partial charge < -0.3 is 29.6 Å². The van der Waals surface area contributed by atoms with Gasteiger partial charge in [-0.05, 0) is 24.3 Å². The van der Waals surface area contributed by atoms with E-state index in [0.717, 1.165) is 24.3 Å². The van der Waals surface area contributed by atoms with Gasteiger partial charge in [0.15, 0.2) is 16.9 Å². The van der Waals surface area contributed by atoms with Crippen LogP contribution in [0.2, 0.25) is 0 Å². The van der Waals surface area contributed by atoms with Gasteiger partial charge in [-0.1, -0.05) is 0 Å². The molecule has 2 aromatic carbocycles. The molecule has 8 heteroatoms. The maximum absolute atomic E-state index is 12.5. The Labute approximate surface area is 151 Å². The van der Waals surface area contributed by atoms with Gasteiger partial charge in [-0.25, -0.2) is 4.79 Å². The third-order valence-corrected chi connectivity index (χ3v) is 3.87. The van der Waals surface area contributed by atoms with Crippen molar-refractivity contribution in [1.82, 2.24) is 0 Å². The summed E-state index contributed by atoms with van der Waals surface area (Å²) in [6.07, 6.45) is 1.69. The number of benzene rings is 2. The number of hydrogen-bond acceptors (Lipinski definition) is 7. The number of fused-ring (bicyclic) bond motifs is 1. The fourth-order valence-electron chi connectivity index (χ4n) is 2.61. The van der Waals surface area contributed by atoms with E-state index in [0.29, 0.717) is 5.56 Å². The van der Waals surface area contributed by atoms with E-state index in [1.54, 1.807) is 6.07 Å². The van der Waals surface area contributed by atoms with Crippen LogP contribution in [0.1, 0.15) is 5.56 Å². The largest absolute Gasteiger partial charge is 0.507 e. The molecule has 0 saturated heterocycles. The van der Waals surface area contributed by atoms with Crippen molar-refractivity contribution in [2.45, 2.75) is 0 Å². The van der Waals surface area contributed by atoms with Gasteiger partial charge in [-0.3, -0.25) is 4.79 Å². The molecule has 27 heavy (non-hydrogen) atoms. The quantitative estimate of drug-likeness (QED) is 0.514. The predicted molar refractivity (Wildman–Crippen MR) is 96.1 cm³/mol. The Morgan fingerprint density at radius 1 is 1.11 bits per heavy atom. The Kier molecular flexibility index (Phi) is 4.47. The summed E-state index contributed by atoms with van der Waals surface area (Å²) in [5, 5.41) is 38.7. The molecule has 0 aliphatic carbocycles. The Bertz CT molecular complexity index is 1140. The minimum absolute atomic E-state index is 0.0954. The van der Waals surface area contributed by atoms with E-state index in [9.17, 15) is 24.9 Å². The summed E-state index contributed by atoms with van der Waals surface area (Å²) >= 11 is 0. The average molecular weight is 370 g/mol. The molecule has 1 heterocycles. The van der Waals surface area contributed by atoms with Crippen molar-refractivity contribution in [2.75, 3.05) is 7.11 Å². The smallest absolute Gasteiger partial charge is 0.328 e. The lowest BCUT2D eigenvalue weighted by Crippen LogP contribution is -2.02. The van der Waals surface area contributed by atoms with Crippen LogP contribution in [0.15, 0.2) is 45.6 Å². The van der Waals surface area contributed by atoms with Gasteiger partial charge in [0.25, 0.3) is 0 Å². The maximum Gasteiger partial charge on any atom is 0.328 e. The van der Waals surface area contributed by atoms with E-state index in [1.165, 1.54) is 19.2 Å². The zero-order valence-corrected chi connectivity index (χ0v) is 14.0. The number of aliphatic carboxylic acids is 1. The molecule has 0 atom stereocenters. The third kappa shape index (κ3) is 3.28. The van der Waals surface area contributed by atoms with Crippen LogP contribution < -0.4 is 10.2 Å². The summed E-state index contributed by atoms with van der Waals surface area (Å²) in [6.45, 7) is 0. The lowest BCUT2D eigenvalue weighted by molar-refractivity contribution is -0.131. The fourth-order valence-corrected chi connectivity index (χ4v) is 2.61. The van der Waals surface area contributed by atoms with E-state index in [-0.39, 0.29) is 33.8 Å². The van der Waals surface area contributed by atoms with Crippen LogP contribution in [0.4, 0.5) is 0 Å². The molecular weight excluding hydrogens is 356 g/mol. The number of methoxy groups -OCH3 is 1. The van der Waals surface area contributed by atoms with Gasteiger partial charge in [0.05, 0.1) is 12.7 Å². The minimum atomic E-state index is -1.28. The number of carboxylic acids is 1. The van der Waals surface area contributed by atoms with Crippen molar-refractivity contribution in [3.8, 4) is 34.3 Å². The highest BCUT2D eigenvalue weighted by molar-refractivity contribution is 5.93. The molecule has 0 bridgehead atoms. The molecule has 0 amide bonds. The van der Waals surface area contributed by atoms with Crippen molar-refractivity contribution in [3.05, 3.63) is 52.2 Å². The van der Waals surface area contributed by atoms with Crippen LogP contribution in [-0.2, 0) is 4.79 Å². The first-order valence-electron chi connectivity index (χ1n) is 7.63.